The first kappa shape index (κ1) is 11.7. The summed E-state index contributed by atoms with van der Waals surface area (Å²) in [6.07, 6.45) is 2.77. The van der Waals surface area contributed by atoms with Gasteiger partial charge >= 0.3 is 0 Å². The van der Waals surface area contributed by atoms with Gasteiger partial charge in [-0.15, -0.1) is 0 Å². The van der Waals surface area contributed by atoms with E-state index < -0.39 is 0 Å². The molecule has 1 aromatic carbocycles. The van der Waals surface area contributed by atoms with Crippen molar-refractivity contribution in [2.24, 2.45) is 0 Å². The maximum atomic E-state index is 10.0. The van der Waals surface area contributed by atoms with Crippen molar-refractivity contribution in [3.05, 3.63) is 34.4 Å². The Morgan fingerprint density at radius 1 is 1.25 bits per heavy atom. The molecule has 0 unspecified atom stereocenters. The molecule has 1 nitrogen and oxygen atoms in total. The zero-order chi connectivity index (χ0) is 11.9. The number of aliphatic hydroxyl groups is 1. The van der Waals surface area contributed by atoms with Crippen LogP contribution in [0.5, 0.6) is 0 Å². The Hall–Kier alpha value is -0.820. The number of benzene rings is 1. The van der Waals surface area contributed by atoms with Crippen molar-refractivity contribution >= 4 is 0 Å². The van der Waals surface area contributed by atoms with Crippen LogP contribution in [-0.4, -0.2) is 10.7 Å². The zero-order valence-electron chi connectivity index (χ0n) is 10.8. The third kappa shape index (κ3) is 2.30. The summed E-state index contributed by atoms with van der Waals surface area (Å²) in [5.74, 6) is 0.562. The fourth-order valence-corrected chi connectivity index (χ4v) is 2.16. The standard InChI is InChI=1S/C15H22O/c1-10(2)13-7-11(3)12(4)14(8-13)9-15(16)5-6-15/h7-8,10,16H,5-6,9H2,1-4H3. The minimum Gasteiger partial charge on any atom is -0.390 e. The second-order valence-electron chi connectivity index (χ2n) is 5.68. The minimum atomic E-state index is -0.382. The van der Waals surface area contributed by atoms with Crippen LogP contribution in [-0.2, 0) is 6.42 Å². The molecule has 1 N–H and O–H groups in total. The summed E-state index contributed by atoms with van der Waals surface area (Å²) in [6, 6.07) is 4.56. The highest BCUT2D eigenvalue weighted by molar-refractivity contribution is 5.40. The van der Waals surface area contributed by atoms with Crippen molar-refractivity contribution in [3.63, 3.8) is 0 Å². The van der Waals surface area contributed by atoms with E-state index in [0.29, 0.717) is 5.92 Å². The molecule has 1 fully saturated rings. The molecule has 88 valence electrons. The Morgan fingerprint density at radius 2 is 1.88 bits per heavy atom. The van der Waals surface area contributed by atoms with Crippen LogP contribution < -0.4 is 0 Å². The summed E-state index contributed by atoms with van der Waals surface area (Å²) in [5, 5.41) is 10.0. The quantitative estimate of drug-likeness (QED) is 0.823. The molecule has 0 atom stereocenters. The summed E-state index contributed by atoms with van der Waals surface area (Å²) < 4.78 is 0. The SMILES string of the molecule is Cc1cc(C(C)C)cc(CC2(O)CC2)c1C. The summed E-state index contributed by atoms with van der Waals surface area (Å²) in [6.45, 7) is 8.78. The molecule has 0 bridgehead atoms. The van der Waals surface area contributed by atoms with E-state index in [-0.39, 0.29) is 5.60 Å². The largest absolute Gasteiger partial charge is 0.390 e. The molecule has 0 spiro atoms. The molecule has 1 aliphatic carbocycles. The van der Waals surface area contributed by atoms with Gasteiger partial charge in [0.1, 0.15) is 0 Å². The number of hydrogen-bond acceptors (Lipinski definition) is 1. The third-order valence-electron chi connectivity index (χ3n) is 3.81. The third-order valence-corrected chi connectivity index (χ3v) is 3.81. The Labute approximate surface area is 98.5 Å². The average molecular weight is 218 g/mol. The summed E-state index contributed by atoms with van der Waals surface area (Å²) in [5.41, 5.74) is 5.05. The lowest BCUT2D eigenvalue weighted by molar-refractivity contribution is 0.150. The Morgan fingerprint density at radius 3 is 2.38 bits per heavy atom. The molecular weight excluding hydrogens is 196 g/mol. The van der Waals surface area contributed by atoms with E-state index in [9.17, 15) is 5.11 Å². The smallest absolute Gasteiger partial charge is 0.0690 e. The van der Waals surface area contributed by atoms with Gasteiger partial charge in [0.2, 0.25) is 0 Å². The average Bonchev–Trinajstić information content (AvgIpc) is 2.91. The first-order valence-electron chi connectivity index (χ1n) is 6.24. The van der Waals surface area contributed by atoms with Gasteiger partial charge in [-0.2, -0.15) is 0 Å². The van der Waals surface area contributed by atoms with Gasteiger partial charge in [-0.25, -0.2) is 0 Å². The van der Waals surface area contributed by atoms with Crippen LogP contribution in [0.3, 0.4) is 0 Å². The molecule has 0 aliphatic heterocycles. The molecule has 1 saturated carbocycles. The number of hydrogen-bond donors (Lipinski definition) is 1. The lowest BCUT2D eigenvalue weighted by atomic mass is 9.91. The van der Waals surface area contributed by atoms with E-state index >= 15 is 0 Å². The van der Waals surface area contributed by atoms with Crippen molar-refractivity contribution in [2.75, 3.05) is 0 Å². The second kappa shape index (κ2) is 3.89. The van der Waals surface area contributed by atoms with Crippen molar-refractivity contribution in [3.8, 4) is 0 Å². The van der Waals surface area contributed by atoms with Gasteiger partial charge in [0, 0.05) is 6.42 Å². The van der Waals surface area contributed by atoms with Crippen molar-refractivity contribution < 1.29 is 5.11 Å². The molecule has 1 aromatic rings. The lowest BCUT2D eigenvalue weighted by Crippen LogP contribution is -2.12. The van der Waals surface area contributed by atoms with Crippen molar-refractivity contribution in [1.82, 2.24) is 0 Å². The lowest BCUT2D eigenvalue weighted by Gasteiger charge is -2.16. The zero-order valence-corrected chi connectivity index (χ0v) is 10.8. The Kier molecular flexibility index (Phi) is 2.83. The summed E-state index contributed by atoms with van der Waals surface area (Å²) in [7, 11) is 0. The maximum absolute atomic E-state index is 10.0. The maximum Gasteiger partial charge on any atom is 0.0690 e. The van der Waals surface area contributed by atoms with Gasteiger partial charge < -0.3 is 5.11 Å². The fraction of sp³-hybridized carbons (Fsp3) is 0.600. The van der Waals surface area contributed by atoms with Crippen molar-refractivity contribution in [2.45, 2.75) is 58.5 Å². The molecule has 0 aromatic heterocycles. The van der Waals surface area contributed by atoms with Gasteiger partial charge in [0.15, 0.2) is 0 Å². The van der Waals surface area contributed by atoms with Gasteiger partial charge in [0.25, 0.3) is 0 Å². The molecule has 2 rings (SSSR count). The molecule has 1 heteroatoms. The first-order valence-corrected chi connectivity index (χ1v) is 6.24. The molecule has 16 heavy (non-hydrogen) atoms. The highest BCUT2D eigenvalue weighted by Gasteiger charge is 2.40. The van der Waals surface area contributed by atoms with E-state index in [1.165, 1.54) is 22.3 Å². The molecule has 0 heterocycles. The molecule has 0 saturated heterocycles. The molecule has 0 amide bonds. The highest BCUT2D eigenvalue weighted by atomic mass is 16.3. The van der Waals surface area contributed by atoms with Crippen LogP contribution in [0, 0.1) is 13.8 Å². The van der Waals surface area contributed by atoms with E-state index in [1.807, 2.05) is 0 Å². The van der Waals surface area contributed by atoms with E-state index in [2.05, 4.69) is 39.8 Å². The fourth-order valence-electron chi connectivity index (χ4n) is 2.16. The van der Waals surface area contributed by atoms with E-state index in [1.54, 1.807) is 0 Å². The van der Waals surface area contributed by atoms with Gasteiger partial charge in [-0.05, 0) is 54.9 Å². The predicted molar refractivity (Wildman–Crippen MR) is 67.9 cm³/mol. The van der Waals surface area contributed by atoms with Crippen LogP contribution in [0.25, 0.3) is 0 Å². The van der Waals surface area contributed by atoms with Gasteiger partial charge in [-0.3, -0.25) is 0 Å². The number of aryl methyl sites for hydroxylation is 1. The number of rotatable bonds is 3. The second-order valence-corrected chi connectivity index (χ2v) is 5.68. The monoisotopic (exact) mass is 218 g/mol. The topological polar surface area (TPSA) is 20.2 Å². The molecule has 1 aliphatic rings. The van der Waals surface area contributed by atoms with Crippen LogP contribution in [0.2, 0.25) is 0 Å². The van der Waals surface area contributed by atoms with Gasteiger partial charge in [0.05, 0.1) is 5.60 Å². The van der Waals surface area contributed by atoms with Crippen molar-refractivity contribution in [1.29, 1.82) is 0 Å². The summed E-state index contributed by atoms with van der Waals surface area (Å²) >= 11 is 0. The van der Waals surface area contributed by atoms with Crippen LogP contribution >= 0.6 is 0 Å². The Balaban J connectivity index is 2.34. The molecular formula is C15H22O. The van der Waals surface area contributed by atoms with Gasteiger partial charge in [-0.1, -0.05) is 26.0 Å². The van der Waals surface area contributed by atoms with E-state index in [0.717, 1.165) is 19.3 Å². The van der Waals surface area contributed by atoms with Crippen LogP contribution in [0.15, 0.2) is 12.1 Å². The predicted octanol–water partition coefficient (Wildman–Crippen LogP) is 3.49. The first-order chi connectivity index (χ1) is 7.41. The van der Waals surface area contributed by atoms with E-state index in [4.69, 9.17) is 0 Å². The minimum absolute atomic E-state index is 0.382. The summed E-state index contributed by atoms with van der Waals surface area (Å²) in [4.78, 5) is 0. The Bertz CT molecular complexity index is 400. The normalized spacial score (nSPS) is 17.9. The van der Waals surface area contributed by atoms with Crippen LogP contribution in [0.4, 0.5) is 0 Å². The molecule has 0 radical (unpaired) electrons. The van der Waals surface area contributed by atoms with Crippen LogP contribution in [0.1, 0.15) is 54.9 Å². The highest BCUT2D eigenvalue weighted by Crippen LogP contribution is 2.39.